The third kappa shape index (κ3) is 1.68. The van der Waals surface area contributed by atoms with Gasteiger partial charge in [-0.1, -0.05) is 11.6 Å². The SMILES string of the molecule is Clc1ccc(OC2COC2)cn1. The van der Waals surface area contributed by atoms with E-state index in [1.165, 1.54) is 0 Å². The van der Waals surface area contributed by atoms with Crippen LogP contribution in [0.4, 0.5) is 0 Å². The minimum absolute atomic E-state index is 0.188. The molecule has 0 spiro atoms. The second-order valence-electron chi connectivity index (χ2n) is 2.59. The van der Waals surface area contributed by atoms with Crippen LogP contribution in [-0.2, 0) is 4.74 Å². The van der Waals surface area contributed by atoms with Crippen molar-refractivity contribution in [2.75, 3.05) is 13.2 Å². The Kier molecular flexibility index (Phi) is 2.15. The van der Waals surface area contributed by atoms with Crippen LogP contribution in [0.5, 0.6) is 5.75 Å². The van der Waals surface area contributed by atoms with Gasteiger partial charge in [-0.05, 0) is 12.1 Å². The molecule has 0 aliphatic carbocycles. The van der Waals surface area contributed by atoms with E-state index < -0.39 is 0 Å². The van der Waals surface area contributed by atoms with Crippen molar-refractivity contribution < 1.29 is 9.47 Å². The van der Waals surface area contributed by atoms with Gasteiger partial charge in [0.2, 0.25) is 0 Å². The van der Waals surface area contributed by atoms with Gasteiger partial charge >= 0.3 is 0 Å². The van der Waals surface area contributed by atoms with E-state index in [0.717, 1.165) is 5.75 Å². The zero-order valence-electron chi connectivity index (χ0n) is 6.37. The summed E-state index contributed by atoms with van der Waals surface area (Å²) in [7, 11) is 0. The predicted molar refractivity (Wildman–Crippen MR) is 44.5 cm³/mol. The van der Waals surface area contributed by atoms with E-state index in [-0.39, 0.29) is 6.10 Å². The maximum Gasteiger partial charge on any atom is 0.145 e. The maximum absolute atomic E-state index is 5.60. The summed E-state index contributed by atoms with van der Waals surface area (Å²) in [5.74, 6) is 0.743. The Bertz CT molecular complexity index is 258. The van der Waals surface area contributed by atoms with Gasteiger partial charge in [-0.2, -0.15) is 0 Å². The molecule has 0 unspecified atom stereocenters. The van der Waals surface area contributed by atoms with Crippen LogP contribution in [0.25, 0.3) is 0 Å². The molecule has 1 aliphatic rings. The molecule has 4 heteroatoms. The Morgan fingerprint density at radius 2 is 2.33 bits per heavy atom. The monoisotopic (exact) mass is 185 g/mol. The van der Waals surface area contributed by atoms with Crippen LogP contribution in [-0.4, -0.2) is 24.3 Å². The number of halogens is 1. The lowest BCUT2D eigenvalue weighted by Gasteiger charge is -2.26. The fourth-order valence-electron chi connectivity index (χ4n) is 0.907. The third-order valence-electron chi connectivity index (χ3n) is 1.61. The Morgan fingerprint density at radius 3 is 2.83 bits per heavy atom. The van der Waals surface area contributed by atoms with Gasteiger partial charge in [0.25, 0.3) is 0 Å². The molecule has 1 aliphatic heterocycles. The number of rotatable bonds is 2. The average molecular weight is 186 g/mol. The first-order valence-electron chi connectivity index (χ1n) is 3.70. The van der Waals surface area contributed by atoms with E-state index in [4.69, 9.17) is 21.1 Å². The Morgan fingerprint density at radius 1 is 1.50 bits per heavy atom. The highest BCUT2D eigenvalue weighted by atomic mass is 35.5. The number of hydrogen-bond acceptors (Lipinski definition) is 3. The van der Waals surface area contributed by atoms with Crippen molar-refractivity contribution in [2.45, 2.75) is 6.10 Å². The summed E-state index contributed by atoms with van der Waals surface area (Å²) in [5.41, 5.74) is 0. The molecular formula is C8H8ClNO2. The minimum Gasteiger partial charge on any atom is -0.484 e. The van der Waals surface area contributed by atoms with Gasteiger partial charge in [-0.15, -0.1) is 0 Å². The van der Waals surface area contributed by atoms with Crippen LogP contribution in [0.15, 0.2) is 18.3 Å². The fourth-order valence-corrected chi connectivity index (χ4v) is 1.02. The summed E-state index contributed by atoms with van der Waals surface area (Å²) >= 11 is 5.60. The largest absolute Gasteiger partial charge is 0.484 e. The molecule has 1 saturated heterocycles. The molecule has 0 N–H and O–H groups in total. The summed E-state index contributed by atoms with van der Waals surface area (Å²) in [5, 5.41) is 0.479. The van der Waals surface area contributed by atoms with Crippen molar-refractivity contribution in [3.05, 3.63) is 23.5 Å². The number of ether oxygens (including phenoxy) is 2. The molecule has 12 heavy (non-hydrogen) atoms. The van der Waals surface area contributed by atoms with E-state index in [1.807, 2.05) is 0 Å². The lowest BCUT2D eigenvalue weighted by atomic mass is 10.3. The number of nitrogens with zero attached hydrogens (tertiary/aromatic N) is 1. The van der Waals surface area contributed by atoms with Crippen LogP contribution < -0.4 is 4.74 Å². The van der Waals surface area contributed by atoms with Crippen LogP contribution in [0, 0.1) is 0 Å². The van der Waals surface area contributed by atoms with E-state index in [1.54, 1.807) is 18.3 Å². The van der Waals surface area contributed by atoms with Crippen LogP contribution in [0.1, 0.15) is 0 Å². The van der Waals surface area contributed by atoms with Crippen molar-refractivity contribution in [3.8, 4) is 5.75 Å². The second kappa shape index (κ2) is 3.29. The van der Waals surface area contributed by atoms with Gasteiger partial charge in [0.05, 0.1) is 19.4 Å². The van der Waals surface area contributed by atoms with Gasteiger partial charge in [0.1, 0.15) is 17.0 Å². The number of aromatic nitrogens is 1. The van der Waals surface area contributed by atoms with E-state index >= 15 is 0 Å². The van der Waals surface area contributed by atoms with E-state index in [2.05, 4.69) is 4.98 Å². The number of pyridine rings is 1. The average Bonchev–Trinajstić information content (AvgIpc) is 2.00. The van der Waals surface area contributed by atoms with E-state index in [0.29, 0.717) is 18.4 Å². The second-order valence-corrected chi connectivity index (χ2v) is 2.98. The maximum atomic E-state index is 5.60. The fraction of sp³-hybridized carbons (Fsp3) is 0.375. The van der Waals surface area contributed by atoms with Crippen molar-refractivity contribution in [1.29, 1.82) is 0 Å². The first kappa shape index (κ1) is 7.83. The smallest absolute Gasteiger partial charge is 0.145 e. The highest BCUT2D eigenvalue weighted by Crippen LogP contribution is 2.16. The molecule has 2 heterocycles. The molecule has 0 radical (unpaired) electrons. The van der Waals surface area contributed by atoms with Crippen molar-refractivity contribution in [1.82, 2.24) is 4.98 Å². The molecule has 1 fully saturated rings. The zero-order chi connectivity index (χ0) is 8.39. The van der Waals surface area contributed by atoms with E-state index in [9.17, 15) is 0 Å². The van der Waals surface area contributed by atoms with Crippen molar-refractivity contribution >= 4 is 11.6 Å². The minimum atomic E-state index is 0.188. The van der Waals surface area contributed by atoms with Gasteiger partial charge in [-0.3, -0.25) is 0 Å². The molecule has 64 valence electrons. The summed E-state index contributed by atoms with van der Waals surface area (Å²) in [6, 6.07) is 3.50. The lowest BCUT2D eigenvalue weighted by molar-refractivity contribution is -0.0798. The first-order valence-corrected chi connectivity index (χ1v) is 4.08. The number of hydrogen-bond donors (Lipinski definition) is 0. The van der Waals surface area contributed by atoms with Crippen LogP contribution in [0.2, 0.25) is 5.15 Å². The molecule has 0 saturated carbocycles. The van der Waals surface area contributed by atoms with Gasteiger partial charge in [-0.25, -0.2) is 4.98 Å². The summed E-state index contributed by atoms with van der Waals surface area (Å²) in [6.07, 6.45) is 1.80. The molecule has 2 rings (SSSR count). The van der Waals surface area contributed by atoms with Gasteiger partial charge in [0, 0.05) is 0 Å². The topological polar surface area (TPSA) is 31.4 Å². The van der Waals surface area contributed by atoms with Crippen molar-refractivity contribution in [2.24, 2.45) is 0 Å². The molecular weight excluding hydrogens is 178 g/mol. The molecule has 0 amide bonds. The Labute approximate surface area is 75.3 Å². The molecule has 3 nitrogen and oxygen atoms in total. The van der Waals surface area contributed by atoms with Crippen molar-refractivity contribution in [3.63, 3.8) is 0 Å². The Hall–Kier alpha value is -0.800. The lowest BCUT2D eigenvalue weighted by Crippen LogP contribution is -2.38. The highest BCUT2D eigenvalue weighted by molar-refractivity contribution is 6.29. The molecule has 0 bridgehead atoms. The summed E-state index contributed by atoms with van der Waals surface area (Å²) < 4.78 is 10.4. The zero-order valence-corrected chi connectivity index (χ0v) is 7.12. The summed E-state index contributed by atoms with van der Waals surface area (Å²) in [6.45, 7) is 1.34. The first-order chi connectivity index (χ1) is 5.84. The molecule has 0 aromatic carbocycles. The van der Waals surface area contributed by atoms with Gasteiger partial charge < -0.3 is 9.47 Å². The standard InChI is InChI=1S/C8H8ClNO2/c9-8-2-1-6(3-10-8)12-7-4-11-5-7/h1-3,7H,4-5H2. The Balaban J connectivity index is 1.98. The molecule has 1 aromatic heterocycles. The normalized spacial score (nSPS) is 17.1. The highest BCUT2D eigenvalue weighted by Gasteiger charge is 2.19. The van der Waals surface area contributed by atoms with Gasteiger partial charge in [0.15, 0.2) is 0 Å². The van der Waals surface area contributed by atoms with Crippen LogP contribution in [0.3, 0.4) is 0 Å². The third-order valence-corrected chi connectivity index (χ3v) is 1.83. The molecule has 1 aromatic rings. The quantitative estimate of drug-likeness (QED) is 0.655. The predicted octanol–water partition coefficient (Wildman–Crippen LogP) is 1.51. The van der Waals surface area contributed by atoms with Crippen LogP contribution >= 0.6 is 11.6 Å². The summed E-state index contributed by atoms with van der Waals surface area (Å²) in [4.78, 5) is 3.89. The molecule has 0 atom stereocenters.